The number of aromatic nitrogens is 1. The van der Waals surface area contributed by atoms with Crippen LogP contribution in [-0.4, -0.2) is 43.2 Å². The Bertz CT molecular complexity index is 819. The van der Waals surface area contributed by atoms with Crippen molar-refractivity contribution in [2.24, 2.45) is 11.8 Å². The van der Waals surface area contributed by atoms with Gasteiger partial charge in [-0.1, -0.05) is 6.08 Å². The number of piperidine rings is 3. The minimum absolute atomic E-state index is 0.0415. The molecule has 0 radical (unpaired) electrons. The Hall–Kier alpha value is -1.91. The average molecular weight is 352 g/mol. The summed E-state index contributed by atoms with van der Waals surface area (Å²) in [5.74, 6) is 2.20. The van der Waals surface area contributed by atoms with Gasteiger partial charge >= 0.3 is 0 Å². The van der Waals surface area contributed by atoms with Crippen molar-refractivity contribution in [3.8, 4) is 5.75 Å². The van der Waals surface area contributed by atoms with E-state index in [4.69, 9.17) is 14.5 Å². The second-order valence-corrected chi connectivity index (χ2v) is 7.64. The van der Waals surface area contributed by atoms with Crippen LogP contribution in [0.4, 0.5) is 0 Å². The fraction of sp³-hybridized carbons (Fsp3) is 0.500. The van der Waals surface area contributed by atoms with Crippen LogP contribution >= 0.6 is 0 Å². The van der Waals surface area contributed by atoms with Crippen LogP contribution in [-0.2, 0) is 4.74 Å². The summed E-state index contributed by atoms with van der Waals surface area (Å²) in [5.41, 5.74) is 3.25. The lowest BCUT2D eigenvalue weighted by atomic mass is 9.73. The van der Waals surface area contributed by atoms with Crippen molar-refractivity contribution in [2.45, 2.75) is 31.9 Å². The lowest BCUT2D eigenvalue weighted by molar-refractivity contribution is -0.0601. The molecule has 0 saturated carbocycles. The third-order valence-electron chi connectivity index (χ3n) is 6.24. The average Bonchev–Trinajstić information content (AvgIpc) is 2.68. The molecule has 5 atom stereocenters. The largest absolute Gasteiger partial charge is 0.497 e. The summed E-state index contributed by atoms with van der Waals surface area (Å²) >= 11 is 0. The molecular formula is C22H28N2O2. The molecule has 1 aromatic carbocycles. The molecule has 4 nitrogen and oxygen atoms in total. The van der Waals surface area contributed by atoms with Crippen molar-refractivity contribution in [2.75, 3.05) is 27.3 Å². The summed E-state index contributed by atoms with van der Waals surface area (Å²) in [7, 11) is 3.54. The highest BCUT2D eigenvalue weighted by molar-refractivity contribution is 5.84. The number of hydrogen-bond acceptors (Lipinski definition) is 4. The van der Waals surface area contributed by atoms with Crippen LogP contribution in [0.25, 0.3) is 10.9 Å². The van der Waals surface area contributed by atoms with E-state index in [1.165, 1.54) is 18.4 Å². The van der Waals surface area contributed by atoms with Crippen molar-refractivity contribution in [1.29, 1.82) is 0 Å². The Morgan fingerprint density at radius 3 is 2.81 bits per heavy atom. The lowest BCUT2D eigenvalue weighted by Crippen LogP contribution is -2.55. The van der Waals surface area contributed by atoms with Crippen LogP contribution in [0.3, 0.4) is 0 Å². The topological polar surface area (TPSA) is 34.6 Å². The molecule has 0 N–H and O–H groups in total. The summed E-state index contributed by atoms with van der Waals surface area (Å²) < 4.78 is 11.6. The van der Waals surface area contributed by atoms with Gasteiger partial charge in [0.15, 0.2) is 0 Å². The van der Waals surface area contributed by atoms with E-state index in [-0.39, 0.29) is 6.10 Å². The maximum atomic E-state index is 6.10. The molecule has 2 aromatic rings. The van der Waals surface area contributed by atoms with Gasteiger partial charge in [0, 0.05) is 30.8 Å². The first-order valence-electron chi connectivity index (χ1n) is 9.49. The van der Waals surface area contributed by atoms with Crippen LogP contribution in [0.2, 0.25) is 0 Å². The van der Waals surface area contributed by atoms with E-state index in [0.717, 1.165) is 41.4 Å². The van der Waals surface area contributed by atoms with E-state index in [1.54, 1.807) is 7.11 Å². The monoisotopic (exact) mass is 352 g/mol. The van der Waals surface area contributed by atoms with E-state index in [1.807, 2.05) is 19.2 Å². The minimum Gasteiger partial charge on any atom is -0.497 e. The zero-order chi connectivity index (χ0) is 18.3. The molecule has 4 heteroatoms. The predicted molar refractivity (Wildman–Crippen MR) is 105 cm³/mol. The number of nitrogens with zero attached hydrogens (tertiary/aromatic N) is 2. The third-order valence-corrected chi connectivity index (χ3v) is 6.24. The zero-order valence-electron chi connectivity index (χ0n) is 15.9. The molecule has 1 unspecified atom stereocenters. The van der Waals surface area contributed by atoms with E-state index in [0.29, 0.717) is 12.0 Å². The van der Waals surface area contributed by atoms with Crippen molar-refractivity contribution in [1.82, 2.24) is 9.88 Å². The van der Waals surface area contributed by atoms with Crippen molar-refractivity contribution in [3.05, 3.63) is 48.2 Å². The fourth-order valence-electron chi connectivity index (χ4n) is 4.91. The molecule has 3 aliphatic rings. The second-order valence-electron chi connectivity index (χ2n) is 7.64. The van der Waals surface area contributed by atoms with Crippen molar-refractivity contribution < 1.29 is 9.47 Å². The number of methoxy groups -OCH3 is 2. The maximum absolute atomic E-state index is 6.10. The number of aryl methyl sites for hydroxylation is 1. The van der Waals surface area contributed by atoms with E-state index in [9.17, 15) is 0 Å². The molecule has 3 aliphatic heterocycles. The molecule has 0 amide bonds. The quantitative estimate of drug-likeness (QED) is 0.758. The van der Waals surface area contributed by atoms with Gasteiger partial charge in [-0.3, -0.25) is 9.88 Å². The first-order chi connectivity index (χ1) is 12.6. The Balaban J connectivity index is 1.76. The molecular weight excluding hydrogens is 324 g/mol. The van der Waals surface area contributed by atoms with Crippen LogP contribution in [0.1, 0.15) is 30.2 Å². The maximum Gasteiger partial charge on any atom is 0.119 e. The Morgan fingerprint density at radius 2 is 2.15 bits per heavy atom. The molecule has 1 aromatic heterocycles. The van der Waals surface area contributed by atoms with Gasteiger partial charge < -0.3 is 9.47 Å². The van der Waals surface area contributed by atoms with Gasteiger partial charge in [-0.15, -0.1) is 6.58 Å². The van der Waals surface area contributed by atoms with E-state index < -0.39 is 0 Å². The van der Waals surface area contributed by atoms with E-state index in [2.05, 4.69) is 36.6 Å². The summed E-state index contributed by atoms with van der Waals surface area (Å²) in [5, 5.41) is 1.13. The molecule has 2 bridgehead atoms. The number of pyridine rings is 1. The van der Waals surface area contributed by atoms with Gasteiger partial charge in [-0.2, -0.15) is 0 Å². The first kappa shape index (κ1) is 17.5. The van der Waals surface area contributed by atoms with Crippen LogP contribution in [0.5, 0.6) is 5.75 Å². The predicted octanol–water partition coefficient (Wildman–Crippen LogP) is 4.14. The smallest absolute Gasteiger partial charge is 0.119 e. The number of hydrogen-bond donors (Lipinski definition) is 0. The first-order valence-corrected chi connectivity index (χ1v) is 9.49. The number of ether oxygens (including phenoxy) is 2. The molecule has 26 heavy (non-hydrogen) atoms. The molecule has 0 aliphatic carbocycles. The third kappa shape index (κ3) is 2.91. The molecule has 138 valence electrons. The van der Waals surface area contributed by atoms with Crippen LogP contribution in [0.15, 0.2) is 36.9 Å². The van der Waals surface area contributed by atoms with Crippen molar-refractivity contribution in [3.63, 3.8) is 0 Å². The second kappa shape index (κ2) is 7.01. The summed E-state index contributed by atoms with van der Waals surface area (Å²) in [4.78, 5) is 7.31. The standard InChI is InChI=1S/C22H28N2O2/c1-5-15-13-24-9-8-16(15)11-21(24)22(26-4)19-10-14(2)23-20-7-6-17(25-3)12-18(19)20/h5-7,10,12,15-16,21-22H,1,8-9,11,13H2,2-4H3/t15-,16-,21+,22-/m0/s1. The van der Waals surface area contributed by atoms with Gasteiger partial charge in [0.2, 0.25) is 0 Å². The Morgan fingerprint density at radius 1 is 1.31 bits per heavy atom. The van der Waals surface area contributed by atoms with Gasteiger partial charge in [0.25, 0.3) is 0 Å². The SMILES string of the molecule is C=C[C@H]1CN2CC[C@H]1C[C@@H]2[C@@H](OC)c1cc(C)nc2ccc(OC)cc12. The van der Waals surface area contributed by atoms with E-state index >= 15 is 0 Å². The van der Waals surface area contributed by atoms with Gasteiger partial charge in [-0.05, 0) is 68.0 Å². The van der Waals surface area contributed by atoms with Gasteiger partial charge in [-0.25, -0.2) is 0 Å². The van der Waals surface area contributed by atoms with Crippen LogP contribution < -0.4 is 4.74 Å². The van der Waals surface area contributed by atoms with Gasteiger partial charge in [0.05, 0.1) is 18.7 Å². The summed E-state index contributed by atoms with van der Waals surface area (Å²) in [6.07, 6.45) is 4.63. The Kier molecular flexibility index (Phi) is 4.72. The molecule has 5 rings (SSSR count). The number of benzene rings is 1. The molecule has 3 fully saturated rings. The van der Waals surface area contributed by atoms with Gasteiger partial charge in [0.1, 0.15) is 5.75 Å². The highest BCUT2D eigenvalue weighted by atomic mass is 16.5. The number of rotatable bonds is 5. The molecule has 0 spiro atoms. The normalized spacial score (nSPS) is 28.9. The zero-order valence-corrected chi connectivity index (χ0v) is 15.9. The highest BCUT2D eigenvalue weighted by Crippen LogP contribution is 2.43. The lowest BCUT2D eigenvalue weighted by Gasteiger charge is -2.51. The number of fused-ring (bicyclic) bond motifs is 4. The summed E-state index contributed by atoms with van der Waals surface area (Å²) in [6.45, 7) is 8.36. The highest BCUT2D eigenvalue weighted by Gasteiger charge is 2.43. The molecule has 4 heterocycles. The molecule has 3 saturated heterocycles. The van der Waals surface area contributed by atoms with Crippen molar-refractivity contribution >= 4 is 10.9 Å². The fourth-order valence-corrected chi connectivity index (χ4v) is 4.91. The minimum atomic E-state index is 0.0415. The summed E-state index contributed by atoms with van der Waals surface area (Å²) in [6, 6.07) is 8.70. The Labute approximate surface area is 155 Å². The van der Waals surface area contributed by atoms with Crippen LogP contribution in [0, 0.1) is 18.8 Å².